The second-order valence-electron chi connectivity index (χ2n) is 10.3. The topological polar surface area (TPSA) is 93.7 Å². The lowest BCUT2D eigenvalue weighted by Crippen LogP contribution is -2.55. The second kappa shape index (κ2) is 10.5. The first-order valence-corrected chi connectivity index (χ1v) is 11.5. The van der Waals surface area contributed by atoms with E-state index in [2.05, 4.69) is 10.6 Å². The van der Waals surface area contributed by atoms with Crippen molar-refractivity contribution in [2.75, 3.05) is 0 Å². The fourth-order valence-electron chi connectivity index (χ4n) is 4.33. The van der Waals surface area contributed by atoms with Crippen molar-refractivity contribution in [1.29, 1.82) is 0 Å². The highest BCUT2D eigenvalue weighted by Crippen LogP contribution is 2.31. The number of hydrogen-bond acceptors (Lipinski definition) is 5. The maximum Gasteiger partial charge on any atom is 0.408 e. The molecule has 2 fully saturated rings. The molecule has 0 unspecified atom stereocenters. The van der Waals surface area contributed by atoms with Gasteiger partial charge >= 0.3 is 12.1 Å². The number of rotatable bonds is 7. The molecule has 2 rings (SSSR count). The summed E-state index contributed by atoms with van der Waals surface area (Å²) in [6.07, 6.45) is 6.46. The first-order valence-electron chi connectivity index (χ1n) is 11.5. The molecule has 30 heavy (non-hydrogen) atoms. The van der Waals surface area contributed by atoms with E-state index in [-0.39, 0.29) is 35.9 Å². The standard InChI is InChI=1S/C23H40N2O5/c1-14(2)19(25-22(28)30-23(4,5)6)20(26)24-17(13-16-10-8-7-9-11-16)18-12-15(3)21(27)29-18/h14-19H,7-13H2,1-6H3,(H,24,26)(H,25,28)/t15-,17+,18+,19+/m1/s1. The third kappa shape index (κ3) is 7.47. The average molecular weight is 425 g/mol. The molecule has 2 amide bonds. The minimum atomic E-state index is -0.719. The van der Waals surface area contributed by atoms with Gasteiger partial charge < -0.3 is 20.1 Å². The van der Waals surface area contributed by atoms with Crippen LogP contribution in [0, 0.1) is 17.8 Å². The predicted octanol–water partition coefficient (Wildman–Crippen LogP) is 3.94. The van der Waals surface area contributed by atoms with Crippen molar-refractivity contribution < 1.29 is 23.9 Å². The van der Waals surface area contributed by atoms with Crippen molar-refractivity contribution in [2.24, 2.45) is 17.8 Å². The van der Waals surface area contributed by atoms with E-state index in [0.717, 1.165) is 19.3 Å². The molecule has 1 heterocycles. The zero-order valence-electron chi connectivity index (χ0n) is 19.5. The number of nitrogens with one attached hydrogen (secondary N) is 2. The zero-order valence-corrected chi connectivity index (χ0v) is 19.5. The van der Waals surface area contributed by atoms with E-state index in [4.69, 9.17) is 9.47 Å². The summed E-state index contributed by atoms with van der Waals surface area (Å²) in [5.74, 6) is -0.197. The summed E-state index contributed by atoms with van der Waals surface area (Å²) in [6, 6.07) is -0.959. The Balaban J connectivity index is 2.07. The molecule has 1 aliphatic heterocycles. The highest BCUT2D eigenvalue weighted by atomic mass is 16.6. The Bertz CT molecular complexity index is 607. The van der Waals surface area contributed by atoms with Crippen LogP contribution in [0.3, 0.4) is 0 Å². The van der Waals surface area contributed by atoms with E-state index < -0.39 is 17.7 Å². The van der Waals surface area contributed by atoms with Crippen LogP contribution in [0.4, 0.5) is 4.79 Å². The summed E-state index contributed by atoms with van der Waals surface area (Å²) in [4.78, 5) is 37.4. The summed E-state index contributed by atoms with van der Waals surface area (Å²) in [5.41, 5.74) is -0.639. The van der Waals surface area contributed by atoms with Gasteiger partial charge in [-0.1, -0.05) is 52.9 Å². The van der Waals surface area contributed by atoms with Gasteiger partial charge in [-0.25, -0.2) is 4.79 Å². The van der Waals surface area contributed by atoms with E-state index in [1.807, 2.05) is 20.8 Å². The van der Waals surface area contributed by atoms with Gasteiger partial charge in [0.15, 0.2) is 0 Å². The lowest BCUT2D eigenvalue weighted by Gasteiger charge is -2.32. The Morgan fingerprint density at radius 1 is 1.13 bits per heavy atom. The summed E-state index contributed by atoms with van der Waals surface area (Å²) in [7, 11) is 0. The minimum Gasteiger partial charge on any atom is -0.460 e. The van der Waals surface area contributed by atoms with Gasteiger partial charge in [0.1, 0.15) is 17.7 Å². The second-order valence-corrected chi connectivity index (χ2v) is 10.3. The smallest absolute Gasteiger partial charge is 0.408 e. The molecule has 2 N–H and O–H groups in total. The SMILES string of the molecule is CC(C)[C@H](NC(=O)OC(C)(C)C)C(=O)N[C@@H](CC1CCCCC1)[C@@H]1C[C@@H](C)C(=O)O1. The molecule has 0 aromatic rings. The predicted molar refractivity (Wildman–Crippen MR) is 115 cm³/mol. The number of cyclic esters (lactones) is 1. The number of carbonyl (C=O) groups excluding carboxylic acids is 3. The van der Waals surface area contributed by atoms with Gasteiger partial charge in [0.25, 0.3) is 0 Å². The number of alkyl carbamates (subject to hydrolysis) is 1. The van der Waals surface area contributed by atoms with Gasteiger partial charge in [-0.15, -0.1) is 0 Å². The maximum atomic E-state index is 13.1. The summed E-state index contributed by atoms with van der Waals surface area (Å²) < 4.78 is 10.9. The van der Waals surface area contributed by atoms with E-state index in [1.54, 1.807) is 20.8 Å². The Labute approximate surface area is 181 Å². The van der Waals surface area contributed by atoms with Crippen LogP contribution in [0.1, 0.15) is 86.5 Å². The van der Waals surface area contributed by atoms with Crippen molar-refractivity contribution in [3.8, 4) is 0 Å². The summed E-state index contributed by atoms with van der Waals surface area (Å²) >= 11 is 0. The summed E-state index contributed by atoms with van der Waals surface area (Å²) in [5, 5.41) is 5.82. The van der Waals surface area contributed by atoms with E-state index in [1.165, 1.54) is 19.3 Å². The van der Waals surface area contributed by atoms with Gasteiger partial charge in [0, 0.05) is 0 Å². The lowest BCUT2D eigenvalue weighted by atomic mass is 9.83. The largest absolute Gasteiger partial charge is 0.460 e. The third-order valence-electron chi connectivity index (χ3n) is 5.97. The van der Waals surface area contributed by atoms with E-state index >= 15 is 0 Å². The molecule has 2 aliphatic rings. The first-order chi connectivity index (χ1) is 14.0. The van der Waals surface area contributed by atoms with Crippen molar-refractivity contribution >= 4 is 18.0 Å². The normalized spacial score (nSPS) is 24.8. The molecule has 0 aromatic heterocycles. The molecule has 1 saturated heterocycles. The van der Waals surface area contributed by atoms with E-state index in [0.29, 0.717) is 12.3 Å². The number of amides is 2. The van der Waals surface area contributed by atoms with Crippen LogP contribution < -0.4 is 10.6 Å². The van der Waals surface area contributed by atoms with Crippen LogP contribution in [-0.4, -0.2) is 41.8 Å². The highest BCUT2D eigenvalue weighted by Gasteiger charge is 2.39. The molecule has 7 heteroatoms. The fourth-order valence-corrected chi connectivity index (χ4v) is 4.33. The molecule has 0 aromatic carbocycles. The third-order valence-corrected chi connectivity index (χ3v) is 5.97. The van der Waals surface area contributed by atoms with Gasteiger partial charge in [-0.3, -0.25) is 9.59 Å². The highest BCUT2D eigenvalue weighted by molar-refractivity contribution is 5.86. The number of hydrogen-bond donors (Lipinski definition) is 2. The molecule has 7 nitrogen and oxygen atoms in total. The molecule has 4 atom stereocenters. The van der Waals surface area contributed by atoms with Gasteiger partial charge in [-0.2, -0.15) is 0 Å². The Kier molecular flexibility index (Phi) is 8.56. The van der Waals surface area contributed by atoms with Crippen molar-refractivity contribution in [3.05, 3.63) is 0 Å². The van der Waals surface area contributed by atoms with Crippen LogP contribution in [0.2, 0.25) is 0 Å². The quantitative estimate of drug-likeness (QED) is 0.604. The molecular formula is C23H40N2O5. The van der Waals surface area contributed by atoms with Crippen LogP contribution in [0.25, 0.3) is 0 Å². The van der Waals surface area contributed by atoms with Crippen molar-refractivity contribution in [2.45, 2.75) is 110 Å². The molecule has 0 bridgehead atoms. The van der Waals surface area contributed by atoms with Crippen molar-refractivity contribution in [1.82, 2.24) is 10.6 Å². The Morgan fingerprint density at radius 2 is 1.77 bits per heavy atom. The molecule has 0 radical (unpaired) electrons. The van der Waals surface area contributed by atoms with Crippen LogP contribution in [-0.2, 0) is 19.1 Å². The monoisotopic (exact) mass is 424 g/mol. The Morgan fingerprint density at radius 3 is 2.27 bits per heavy atom. The van der Waals surface area contributed by atoms with E-state index in [9.17, 15) is 14.4 Å². The van der Waals surface area contributed by atoms with Gasteiger partial charge in [0.05, 0.1) is 12.0 Å². The molecule has 0 spiro atoms. The average Bonchev–Trinajstić information content (AvgIpc) is 2.97. The number of ether oxygens (including phenoxy) is 2. The molecule has 1 saturated carbocycles. The van der Waals surface area contributed by atoms with Crippen LogP contribution in [0.5, 0.6) is 0 Å². The summed E-state index contributed by atoms with van der Waals surface area (Å²) in [6.45, 7) is 11.0. The fraction of sp³-hybridized carbons (Fsp3) is 0.870. The first kappa shape index (κ1) is 24.5. The Hall–Kier alpha value is -1.79. The minimum absolute atomic E-state index is 0.113. The molecule has 1 aliphatic carbocycles. The number of esters is 1. The van der Waals surface area contributed by atoms with Crippen molar-refractivity contribution in [3.63, 3.8) is 0 Å². The lowest BCUT2D eigenvalue weighted by molar-refractivity contribution is -0.146. The van der Waals surface area contributed by atoms with Crippen LogP contribution >= 0.6 is 0 Å². The number of carbonyl (C=O) groups is 3. The zero-order chi connectivity index (χ0) is 22.5. The maximum absolute atomic E-state index is 13.1. The van der Waals surface area contributed by atoms with Gasteiger partial charge in [0.2, 0.25) is 5.91 Å². The molecule has 172 valence electrons. The van der Waals surface area contributed by atoms with Gasteiger partial charge in [-0.05, 0) is 45.4 Å². The van der Waals surface area contributed by atoms with Crippen LogP contribution in [0.15, 0.2) is 0 Å². The molecular weight excluding hydrogens is 384 g/mol.